The molecule has 1 heterocycles. The molecule has 0 aromatic heterocycles. The van der Waals surface area contributed by atoms with Gasteiger partial charge in [0.1, 0.15) is 6.61 Å². The second-order valence-corrected chi connectivity index (χ2v) is 6.77. The smallest absolute Gasteiger partial charge is 0.203 e. The third-order valence-electron chi connectivity index (χ3n) is 4.80. The molecule has 1 fully saturated rings. The average Bonchev–Trinajstić information content (AvgIpc) is 2.69. The van der Waals surface area contributed by atoms with Crippen molar-refractivity contribution in [3.63, 3.8) is 0 Å². The van der Waals surface area contributed by atoms with E-state index in [4.69, 9.17) is 9.47 Å². The quantitative estimate of drug-likeness (QED) is 0.756. The van der Waals surface area contributed by atoms with Gasteiger partial charge in [-0.25, -0.2) is 0 Å². The van der Waals surface area contributed by atoms with E-state index < -0.39 is 0 Å². The molecule has 0 amide bonds. The fourth-order valence-electron chi connectivity index (χ4n) is 3.12. The Kier molecular flexibility index (Phi) is 6.32. The van der Waals surface area contributed by atoms with Crippen molar-refractivity contribution in [2.75, 3.05) is 46.9 Å². The molecule has 27 heavy (non-hydrogen) atoms. The Bertz CT molecular complexity index is 771. The number of carbonyl (C=O) groups excluding carboxylic acids is 1. The number of methoxy groups -OCH3 is 1. The lowest BCUT2D eigenvalue weighted by atomic mass is 10.1. The van der Waals surface area contributed by atoms with Crippen LogP contribution in [0.3, 0.4) is 0 Å². The Balaban J connectivity index is 1.70. The third kappa shape index (κ3) is 4.78. The number of ether oxygens (including phenoxy) is 2. The molecule has 144 valence electrons. The standard InChI is InChI=1S/C21H26N2O4/c1-22-10-12-23(13-11-22)14-18(24)17-8-9-19(21(26-2)20(17)25)27-15-16-6-4-3-5-7-16/h3-9,25H,10-15H2,1-2H3. The van der Waals surface area contributed by atoms with E-state index in [0.29, 0.717) is 12.4 Å². The number of likely N-dealkylation sites (N-methyl/N-ethyl adjacent to an activating group) is 1. The van der Waals surface area contributed by atoms with Crippen LogP contribution < -0.4 is 9.47 Å². The van der Waals surface area contributed by atoms with Crippen molar-refractivity contribution in [1.82, 2.24) is 9.80 Å². The van der Waals surface area contributed by atoms with Crippen LogP contribution in [0.1, 0.15) is 15.9 Å². The van der Waals surface area contributed by atoms with Gasteiger partial charge in [0, 0.05) is 26.2 Å². The first-order valence-corrected chi connectivity index (χ1v) is 9.09. The van der Waals surface area contributed by atoms with E-state index in [1.165, 1.54) is 7.11 Å². The molecular weight excluding hydrogens is 344 g/mol. The van der Waals surface area contributed by atoms with Crippen molar-refractivity contribution >= 4 is 5.78 Å². The Morgan fingerprint density at radius 2 is 1.78 bits per heavy atom. The molecule has 1 aliphatic rings. The highest BCUT2D eigenvalue weighted by Gasteiger charge is 2.22. The van der Waals surface area contributed by atoms with E-state index in [9.17, 15) is 9.90 Å². The van der Waals surface area contributed by atoms with Gasteiger partial charge in [0.25, 0.3) is 0 Å². The second-order valence-electron chi connectivity index (χ2n) is 6.77. The Labute approximate surface area is 159 Å². The maximum absolute atomic E-state index is 12.7. The molecule has 2 aromatic rings. The predicted octanol–water partition coefficient (Wildman–Crippen LogP) is 2.41. The summed E-state index contributed by atoms with van der Waals surface area (Å²) in [6.45, 7) is 4.21. The SMILES string of the molecule is COc1c(OCc2ccccc2)ccc(C(=O)CN2CCN(C)CC2)c1O. The van der Waals surface area contributed by atoms with Gasteiger partial charge in [-0.3, -0.25) is 9.69 Å². The summed E-state index contributed by atoms with van der Waals surface area (Å²) in [6, 6.07) is 13.0. The van der Waals surface area contributed by atoms with Crippen LogP contribution in [0.25, 0.3) is 0 Å². The first kappa shape index (κ1) is 19.2. The van der Waals surface area contributed by atoms with Crippen LogP contribution in [0.15, 0.2) is 42.5 Å². The summed E-state index contributed by atoms with van der Waals surface area (Å²) in [6.07, 6.45) is 0. The second kappa shape index (κ2) is 8.88. The molecule has 0 radical (unpaired) electrons. The number of ketones is 1. The molecule has 1 N–H and O–H groups in total. The van der Waals surface area contributed by atoms with Crippen LogP contribution in [0.4, 0.5) is 0 Å². The topological polar surface area (TPSA) is 62.2 Å². The predicted molar refractivity (Wildman–Crippen MR) is 104 cm³/mol. The third-order valence-corrected chi connectivity index (χ3v) is 4.80. The van der Waals surface area contributed by atoms with E-state index in [-0.39, 0.29) is 29.4 Å². The van der Waals surface area contributed by atoms with Crippen molar-refractivity contribution < 1.29 is 19.4 Å². The highest BCUT2D eigenvalue weighted by Crippen LogP contribution is 2.39. The summed E-state index contributed by atoms with van der Waals surface area (Å²) in [4.78, 5) is 17.0. The molecule has 1 saturated heterocycles. The van der Waals surface area contributed by atoms with Gasteiger partial charge in [0.15, 0.2) is 17.3 Å². The zero-order chi connectivity index (χ0) is 19.2. The maximum atomic E-state index is 12.7. The average molecular weight is 370 g/mol. The van der Waals surface area contributed by atoms with Crippen LogP contribution in [-0.2, 0) is 6.61 Å². The summed E-state index contributed by atoms with van der Waals surface area (Å²) in [5, 5.41) is 10.6. The normalized spacial score (nSPS) is 15.5. The molecule has 2 aromatic carbocycles. The molecule has 6 nitrogen and oxygen atoms in total. The van der Waals surface area contributed by atoms with Gasteiger partial charge >= 0.3 is 0 Å². The lowest BCUT2D eigenvalue weighted by molar-refractivity contribution is 0.0873. The molecule has 1 aliphatic heterocycles. The van der Waals surface area contributed by atoms with Crippen molar-refractivity contribution in [2.45, 2.75) is 6.61 Å². The lowest BCUT2D eigenvalue weighted by Gasteiger charge is -2.31. The summed E-state index contributed by atoms with van der Waals surface area (Å²) in [7, 11) is 3.53. The molecule has 0 bridgehead atoms. The van der Waals surface area contributed by atoms with Gasteiger partial charge < -0.3 is 19.5 Å². The van der Waals surface area contributed by atoms with E-state index in [1.807, 2.05) is 30.3 Å². The zero-order valence-electron chi connectivity index (χ0n) is 15.9. The molecule has 0 saturated carbocycles. The van der Waals surface area contributed by atoms with Crippen molar-refractivity contribution in [3.05, 3.63) is 53.6 Å². The highest BCUT2D eigenvalue weighted by atomic mass is 16.5. The van der Waals surface area contributed by atoms with Crippen molar-refractivity contribution in [1.29, 1.82) is 0 Å². The largest absolute Gasteiger partial charge is 0.504 e. The molecule has 0 atom stereocenters. The van der Waals surface area contributed by atoms with Crippen LogP contribution >= 0.6 is 0 Å². The number of hydrogen-bond acceptors (Lipinski definition) is 6. The van der Waals surface area contributed by atoms with Crippen molar-refractivity contribution in [2.24, 2.45) is 0 Å². The van der Waals surface area contributed by atoms with E-state index in [2.05, 4.69) is 16.8 Å². The summed E-state index contributed by atoms with van der Waals surface area (Å²) in [5.41, 5.74) is 1.27. The Morgan fingerprint density at radius 3 is 2.44 bits per heavy atom. The minimum Gasteiger partial charge on any atom is -0.504 e. The molecular formula is C21H26N2O4. The number of phenols is 1. The van der Waals surface area contributed by atoms with E-state index >= 15 is 0 Å². The fraction of sp³-hybridized carbons (Fsp3) is 0.381. The van der Waals surface area contributed by atoms with Crippen LogP contribution in [-0.4, -0.2) is 67.6 Å². The first-order valence-electron chi connectivity index (χ1n) is 9.09. The molecule has 0 aliphatic carbocycles. The van der Waals surface area contributed by atoms with Crippen molar-refractivity contribution in [3.8, 4) is 17.2 Å². The number of benzene rings is 2. The van der Waals surface area contributed by atoms with Gasteiger partial charge in [-0.1, -0.05) is 30.3 Å². The highest BCUT2D eigenvalue weighted by molar-refractivity contribution is 6.01. The van der Waals surface area contributed by atoms with E-state index in [0.717, 1.165) is 31.7 Å². The number of phenolic OH excluding ortho intramolecular Hbond substituents is 1. The fourth-order valence-corrected chi connectivity index (χ4v) is 3.12. The van der Waals surface area contributed by atoms with E-state index in [1.54, 1.807) is 12.1 Å². The number of nitrogens with zero attached hydrogens (tertiary/aromatic N) is 2. The molecule has 6 heteroatoms. The number of hydrogen-bond donors (Lipinski definition) is 1. The van der Waals surface area contributed by atoms with Gasteiger partial charge in [-0.05, 0) is 24.7 Å². The number of aromatic hydroxyl groups is 1. The van der Waals surface area contributed by atoms with Crippen LogP contribution in [0.2, 0.25) is 0 Å². The molecule has 0 unspecified atom stereocenters. The number of Topliss-reactive ketones (excluding diaryl/α,β-unsaturated/α-hetero) is 1. The van der Waals surface area contributed by atoms with Gasteiger partial charge in [0.2, 0.25) is 5.75 Å². The molecule has 0 spiro atoms. The lowest BCUT2D eigenvalue weighted by Crippen LogP contribution is -2.46. The summed E-state index contributed by atoms with van der Waals surface area (Å²) < 4.78 is 11.1. The Morgan fingerprint density at radius 1 is 1.07 bits per heavy atom. The minimum atomic E-state index is -0.165. The summed E-state index contributed by atoms with van der Waals surface area (Å²) >= 11 is 0. The number of carbonyl (C=O) groups is 1. The summed E-state index contributed by atoms with van der Waals surface area (Å²) in [5.74, 6) is 0.317. The van der Waals surface area contributed by atoms with Gasteiger partial charge in [-0.15, -0.1) is 0 Å². The van der Waals surface area contributed by atoms with Crippen LogP contribution in [0, 0.1) is 0 Å². The molecule has 3 rings (SSSR count). The maximum Gasteiger partial charge on any atom is 0.203 e. The monoisotopic (exact) mass is 370 g/mol. The number of piperazine rings is 1. The van der Waals surface area contributed by atoms with Crippen LogP contribution in [0.5, 0.6) is 17.2 Å². The number of rotatable bonds is 7. The van der Waals surface area contributed by atoms with Gasteiger partial charge in [-0.2, -0.15) is 0 Å². The Hall–Kier alpha value is -2.57. The minimum absolute atomic E-state index is 0.120. The van der Waals surface area contributed by atoms with Gasteiger partial charge in [0.05, 0.1) is 19.2 Å². The first-order chi connectivity index (χ1) is 13.1. The zero-order valence-corrected chi connectivity index (χ0v) is 15.9.